The molecule has 0 heterocycles. The summed E-state index contributed by atoms with van der Waals surface area (Å²) in [5.74, 6) is -2.81. The molecule has 3 nitrogen and oxygen atoms in total. The first-order chi connectivity index (χ1) is 23.7. The van der Waals surface area contributed by atoms with Crippen LogP contribution in [0.25, 0.3) is 50.1 Å². The molecule has 0 aliphatic heterocycles. The van der Waals surface area contributed by atoms with Crippen molar-refractivity contribution in [1.82, 2.24) is 5.32 Å². The second-order valence-corrected chi connectivity index (χ2v) is 11.9. The average molecular weight is 684 g/mol. The largest absolute Gasteiger partial charge is 0.419 e. The van der Waals surface area contributed by atoms with Gasteiger partial charge in [-0.1, -0.05) is 43.3 Å². The summed E-state index contributed by atoms with van der Waals surface area (Å²) in [6.45, 7) is 1.81. The standard InChI is InChI=1S/C39H21F8N3/c1-2-19(17-48)36-28-11-20(22-5-9-32(34(40)13-22)38(42,43)44)3-7-24(28)26-15-27-25-8-4-21(23-6-10-33(35(41)14-23)39(45,46)47)12-30(25)37(50-18-49)31(27)16-29(26)36/h3-16,37,50H,2H2,1H3/b36-19-. The molecule has 0 saturated heterocycles. The molecule has 7 rings (SSSR count). The zero-order chi connectivity index (χ0) is 35.7. The minimum Gasteiger partial charge on any atom is -0.312 e. The molecule has 0 fully saturated rings. The smallest absolute Gasteiger partial charge is 0.312 e. The minimum absolute atomic E-state index is 0.219. The zero-order valence-electron chi connectivity index (χ0n) is 25.8. The lowest BCUT2D eigenvalue weighted by atomic mass is 9.92. The predicted octanol–water partition coefficient (Wildman–Crippen LogP) is 11.2. The molecular formula is C39H21F8N3. The number of nitrogens with one attached hydrogen (secondary N) is 1. The second kappa shape index (κ2) is 11.6. The number of fused-ring (bicyclic) bond motifs is 6. The van der Waals surface area contributed by atoms with Gasteiger partial charge in [-0.3, -0.25) is 0 Å². The minimum atomic E-state index is -4.85. The number of rotatable bonds is 4. The van der Waals surface area contributed by atoms with Gasteiger partial charge in [-0.05, 0) is 122 Å². The first-order valence-electron chi connectivity index (χ1n) is 15.2. The van der Waals surface area contributed by atoms with Crippen molar-refractivity contribution in [1.29, 1.82) is 10.5 Å². The van der Waals surface area contributed by atoms with Crippen LogP contribution in [0.3, 0.4) is 0 Å². The molecule has 50 heavy (non-hydrogen) atoms. The fraction of sp³-hybridized carbons (Fsp3) is 0.128. The van der Waals surface area contributed by atoms with Gasteiger partial charge in [-0.25, -0.2) is 8.78 Å². The van der Waals surface area contributed by atoms with Gasteiger partial charge >= 0.3 is 12.4 Å². The monoisotopic (exact) mass is 683 g/mol. The Balaban J connectivity index is 1.37. The van der Waals surface area contributed by atoms with E-state index in [1.807, 2.05) is 25.2 Å². The van der Waals surface area contributed by atoms with Gasteiger partial charge in [0.25, 0.3) is 0 Å². The Bertz CT molecular complexity index is 2370. The van der Waals surface area contributed by atoms with Crippen molar-refractivity contribution in [2.24, 2.45) is 0 Å². The first kappa shape index (κ1) is 32.6. The number of hydrogen-bond donors (Lipinski definition) is 1. The van der Waals surface area contributed by atoms with Gasteiger partial charge in [0.2, 0.25) is 0 Å². The van der Waals surface area contributed by atoms with Gasteiger partial charge in [0.05, 0.1) is 23.2 Å². The highest BCUT2D eigenvalue weighted by Gasteiger charge is 2.37. The molecule has 248 valence electrons. The summed E-state index contributed by atoms with van der Waals surface area (Å²) < 4.78 is 108. The average Bonchev–Trinajstić information content (AvgIpc) is 3.54. The third-order valence-corrected chi connectivity index (χ3v) is 9.22. The highest BCUT2D eigenvalue weighted by molar-refractivity contribution is 6.06. The molecule has 0 saturated carbocycles. The van der Waals surface area contributed by atoms with Crippen LogP contribution in [-0.2, 0) is 12.4 Å². The first-order valence-corrected chi connectivity index (χ1v) is 15.2. The van der Waals surface area contributed by atoms with Gasteiger partial charge in [-0.2, -0.15) is 36.9 Å². The molecule has 0 bridgehead atoms. The quantitative estimate of drug-likeness (QED) is 0.0871. The molecule has 2 aliphatic carbocycles. The van der Waals surface area contributed by atoms with Gasteiger partial charge in [0.15, 0.2) is 6.19 Å². The number of hydrogen-bond acceptors (Lipinski definition) is 3. The maximum atomic E-state index is 14.5. The van der Waals surface area contributed by atoms with Crippen LogP contribution in [0.15, 0.2) is 90.5 Å². The number of allylic oxidation sites excluding steroid dienone is 1. The van der Waals surface area contributed by atoms with Gasteiger partial charge in [0, 0.05) is 11.1 Å². The van der Waals surface area contributed by atoms with Crippen molar-refractivity contribution in [3.8, 4) is 56.8 Å². The molecule has 1 unspecified atom stereocenters. The molecule has 1 atom stereocenters. The van der Waals surface area contributed by atoms with Crippen LogP contribution in [-0.4, -0.2) is 0 Å². The highest BCUT2D eigenvalue weighted by atomic mass is 19.4. The maximum absolute atomic E-state index is 14.5. The Hall–Kier alpha value is -5.94. The fourth-order valence-corrected chi connectivity index (χ4v) is 6.93. The van der Waals surface area contributed by atoms with E-state index in [1.54, 1.807) is 36.4 Å². The molecular weight excluding hydrogens is 662 g/mol. The molecule has 1 N–H and O–H groups in total. The van der Waals surface area contributed by atoms with Gasteiger partial charge < -0.3 is 5.32 Å². The number of alkyl halides is 6. The summed E-state index contributed by atoms with van der Waals surface area (Å²) in [6.07, 6.45) is -7.37. The second-order valence-electron chi connectivity index (χ2n) is 11.9. The number of nitrogens with zero attached hydrogens (tertiary/aromatic N) is 2. The van der Waals surface area contributed by atoms with Gasteiger partial charge in [-0.15, -0.1) is 0 Å². The molecule has 0 aromatic heterocycles. The molecule has 11 heteroatoms. The molecule has 0 spiro atoms. The maximum Gasteiger partial charge on any atom is 0.419 e. The van der Waals surface area contributed by atoms with E-state index in [4.69, 9.17) is 0 Å². The van der Waals surface area contributed by atoms with E-state index in [0.717, 1.165) is 34.4 Å². The fourth-order valence-electron chi connectivity index (χ4n) is 6.93. The van der Waals surface area contributed by atoms with E-state index < -0.39 is 41.2 Å². The topological polar surface area (TPSA) is 59.6 Å². The van der Waals surface area contributed by atoms with E-state index in [2.05, 4.69) is 11.4 Å². The summed E-state index contributed by atoms with van der Waals surface area (Å²) >= 11 is 0. The molecule has 0 amide bonds. The third kappa shape index (κ3) is 5.17. The summed E-state index contributed by atoms with van der Waals surface area (Å²) in [5.41, 5.74) is 5.29. The lowest BCUT2D eigenvalue weighted by Crippen LogP contribution is -2.14. The van der Waals surface area contributed by atoms with Crippen molar-refractivity contribution in [3.63, 3.8) is 0 Å². The van der Waals surface area contributed by atoms with Gasteiger partial charge in [0.1, 0.15) is 11.6 Å². The number of benzene rings is 5. The van der Waals surface area contributed by atoms with Crippen LogP contribution in [0.5, 0.6) is 0 Å². The molecule has 5 aromatic rings. The Morgan fingerprint density at radius 2 is 1.10 bits per heavy atom. The summed E-state index contributed by atoms with van der Waals surface area (Å²) in [6, 6.07) is 21.1. The zero-order valence-corrected chi connectivity index (χ0v) is 25.8. The van der Waals surface area contributed by atoms with E-state index in [1.165, 1.54) is 12.1 Å². The van der Waals surface area contributed by atoms with Crippen LogP contribution < -0.4 is 5.32 Å². The van der Waals surface area contributed by atoms with E-state index in [-0.39, 0.29) is 11.1 Å². The van der Waals surface area contributed by atoms with E-state index >= 15 is 0 Å². The van der Waals surface area contributed by atoms with Crippen LogP contribution in [0.4, 0.5) is 35.1 Å². The van der Waals surface area contributed by atoms with Crippen LogP contribution in [0, 0.1) is 34.4 Å². The molecule has 0 radical (unpaired) electrons. The van der Waals surface area contributed by atoms with E-state index in [0.29, 0.717) is 63.1 Å². The van der Waals surface area contributed by atoms with E-state index in [9.17, 15) is 45.6 Å². The predicted molar refractivity (Wildman–Crippen MR) is 171 cm³/mol. The van der Waals surface area contributed by atoms with Crippen molar-refractivity contribution in [3.05, 3.63) is 136 Å². The Kier molecular flexibility index (Phi) is 7.56. The number of nitriles is 2. The van der Waals surface area contributed by atoms with Crippen LogP contribution in [0.1, 0.15) is 52.8 Å². The van der Waals surface area contributed by atoms with Crippen molar-refractivity contribution in [2.45, 2.75) is 31.7 Å². The van der Waals surface area contributed by atoms with Crippen LogP contribution >= 0.6 is 0 Å². The summed E-state index contributed by atoms with van der Waals surface area (Å²) in [7, 11) is 0. The normalized spacial score (nSPS) is 15.4. The lowest BCUT2D eigenvalue weighted by molar-refractivity contribution is -0.140. The highest BCUT2D eigenvalue weighted by Crippen LogP contribution is 2.54. The Morgan fingerprint density at radius 1 is 0.600 bits per heavy atom. The summed E-state index contributed by atoms with van der Waals surface area (Å²) in [5, 5.41) is 22.7. The SMILES string of the molecule is CC/C(C#N)=C1\c2cc(-c3ccc(C(F)(F)F)c(F)c3)ccc2-c2cc3c(cc21)C(NC#N)c1cc(-c2ccc(C(F)(F)F)c(F)c2)ccc1-3. The third-order valence-electron chi connectivity index (χ3n) is 9.22. The Morgan fingerprint density at radius 3 is 1.62 bits per heavy atom. The molecule has 2 aliphatic rings. The summed E-state index contributed by atoms with van der Waals surface area (Å²) in [4.78, 5) is 0. The Labute approximate surface area is 280 Å². The number of halogens is 8. The molecule has 5 aromatic carbocycles. The lowest BCUT2D eigenvalue weighted by Gasteiger charge is -2.14. The van der Waals surface area contributed by atoms with Crippen molar-refractivity contribution < 1.29 is 35.1 Å². The van der Waals surface area contributed by atoms with Crippen molar-refractivity contribution >= 4 is 5.57 Å². The van der Waals surface area contributed by atoms with Crippen LogP contribution in [0.2, 0.25) is 0 Å². The van der Waals surface area contributed by atoms with Crippen molar-refractivity contribution in [2.75, 3.05) is 0 Å².